The average Bonchev–Trinajstić information content (AvgIpc) is 2.95. The van der Waals surface area contributed by atoms with Gasteiger partial charge in [0.15, 0.2) is 0 Å². The number of rotatable bonds is 2. The monoisotopic (exact) mass is 376 g/mol. The van der Waals surface area contributed by atoms with Crippen LogP contribution in [0.2, 0.25) is 0 Å². The molecule has 144 valence electrons. The summed E-state index contributed by atoms with van der Waals surface area (Å²) in [6, 6.07) is 11.6. The molecule has 0 radical (unpaired) electrons. The van der Waals surface area contributed by atoms with Crippen LogP contribution in [0.3, 0.4) is 0 Å². The molecule has 3 heterocycles. The molecule has 2 aromatic heterocycles. The molecule has 1 aliphatic rings. The number of aromatic nitrogens is 2. The van der Waals surface area contributed by atoms with Gasteiger partial charge in [-0.3, -0.25) is 9.59 Å². The zero-order valence-corrected chi connectivity index (χ0v) is 16.3. The van der Waals surface area contributed by atoms with Crippen molar-refractivity contribution in [2.75, 3.05) is 26.2 Å². The maximum absolute atomic E-state index is 12.9. The molecule has 4 rings (SSSR count). The van der Waals surface area contributed by atoms with Gasteiger partial charge in [0.2, 0.25) is 0 Å². The van der Waals surface area contributed by atoms with Gasteiger partial charge in [0.1, 0.15) is 11.3 Å². The summed E-state index contributed by atoms with van der Waals surface area (Å²) >= 11 is 0. The zero-order chi connectivity index (χ0) is 19.7. The summed E-state index contributed by atoms with van der Waals surface area (Å²) in [5.74, 6) is -0.0487. The van der Waals surface area contributed by atoms with Gasteiger partial charge in [-0.05, 0) is 50.1 Å². The van der Waals surface area contributed by atoms with Crippen LogP contribution in [0.4, 0.5) is 0 Å². The molecule has 0 N–H and O–H groups in total. The Labute approximate surface area is 164 Å². The Morgan fingerprint density at radius 1 is 0.893 bits per heavy atom. The second-order valence-electron chi connectivity index (χ2n) is 7.40. The lowest BCUT2D eigenvalue weighted by atomic mass is 10.1. The van der Waals surface area contributed by atoms with Crippen molar-refractivity contribution in [3.63, 3.8) is 0 Å². The minimum atomic E-state index is -0.0776. The Kier molecular flexibility index (Phi) is 4.86. The van der Waals surface area contributed by atoms with Gasteiger partial charge >= 0.3 is 0 Å². The quantitative estimate of drug-likeness (QED) is 0.691. The highest BCUT2D eigenvalue weighted by Gasteiger charge is 2.25. The number of carbonyl (C=O) groups excluding carboxylic acids is 2. The molecular weight excluding hydrogens is 352 g/mol. The molecule has 1 saturated heterocycles. The van der Waals surface area contributed by atoms with Crippen LogP contribution in [-0.2, 0) is 0 Å². The van der Waals surface area contributed by atoms with Gasteiger partial charge in [0.05, 0.1) is 0 Å². The van der Waals surface area contributed by atoms with Gasteiger partial charge in [-0.15, -0.1) is 0 Å². The summed E-state index contributed by atoms with van der Waals surface area (Å²) in [4.78, 5) is 33.9. The topological polar surface area (TPSA) is 57.9 Å². The summed E-state index contributed by atoms with van der Waals surface area (Å²) in [7, 11) is 0. The molecule has 0 unspecified atom stereocenters. The van der Waals surface area contributed by atoms with Gasteiger partial charge < -0.3 is 14.2 Å². The lowest BCUT2D eigenvalue weighted by Gasteiger charge is -2.22. The minimum Gasteiger partial charge on any atom is -0.337 e. The molecule has 0 spiro atoms. The second kappa shape index (κ2) is 7.46. The maximum atomic E-state index is 12.9. The standard InChI is InChI=1S/C22H24N4O2/c1-16-5-3-6-18(13-16)21(27)24-8-4-9-25(12-11-24)22(28)19-15-26-10-7-17(2)14-20(26)23-19/h3,5-7,10,13-15H,4,8-9,11-12H2,1-2H3. The van der Waals surface area contributed by atoms with Crippen molar-refractivity contribution in [2.24, 2.45) is 0 Å². The van der Waals surface area contributed by atoms with E-state index in [0.717, 1.165) is 23.2 Å². The van der Waals surface area contributed by atoms with E-state index in [0.29, 0.717) is 37.4 Å². The minimum absolute atomic E-state index is 0.0289. The van der Waals surface area contributed by atoms with Crippen LogP contribution in [0.25, 0.3) is 5.65 Å². The van der Waals surface area contributed by atoms with Crippen LogP contribution in [-0.4, -0.2) is 57.2 Å². The number of benzene rings is 1. The van der Waals surface area contributed by atoms with E-state index in [1.807, 2.05) is 65.7 Å². The smallest absolute Gasteiger partial charge is 0.274 e. The molecule has 28 heavy (non-hydrogen) atoms. The fraction of sp³-hybridized carbons (Fsp3) is 0.318. The molecule has 0 atom stereocenters. The summed E-state index contributed by atoms with van der Waals surface area (Å²) in [5, 5.41) is 0. The van der Waals surface area contributed by atoms with Crippen molar-refractivity contribution in [2.45, 2.75) is 20.3 Å². The average molecular weight is 376 g/mol. The van der Waals surface area contributed by atoms with E-state index in [9.17, 15) is 9.59 Å². The van der Waals surface area contributed by atoms with E-state index < -0.39 is 0 Å². The highest BCUT2D eigenvalue weighted by Crippen LogP contribution is 2.14. The van der Waals surface area contributed by atoms with Gasteiger partial charge in [-0.2, -0.15) is 0 Å². The lowest BCUT2D eigenvalue weighted by Crippen LogP contribution is -2.37. The van der Waals surface area contributed by atoms with Crippen LogP contribution < -0.4 is 0 Å². The molecule has 1 fully saturated rings. The first-order valence-corrected chi connectivity index (χ1v) is 9.62. The number of pyridine rings is 1. The third-order valence-corrected chi connectivity index (χ3v) is 5.17. The lowest BCUT2D eigenvalue weighted by molar-refractivity contribution is 0.0716. The molecule has 0 aliphatic carbocycles. The normalized spacial score (nSPS) is 14.9. The Bertz CT molecular complexity index is 1040. The molecular formula is C22H24N4O2. The van der Waals surface area contributed by atoms with Crippen LogP contribution in [0, 0.1) is 13.8 Å². The second-order valence-corrected chi connectivity index (χ2v) is 7.40. The number of fused-ring (bicyclic) bond motifs is 1. The number of hydrogen-bond donors (Lipinski definition) is 0. The Morgan fingerprint density at radius 3 is 2.36 bits per heavy atom. The van der Waals surface area contributed by atoms with Crippen molar-refractivity contribution in [3.8, 4) is 0 Å². The Hall–Kier alpha value is -3.15. The van der Waals surface area contributed by atoms with Crippen molar-refractivity contribution < 1.29 is 9.59 Å². The predicted molar refractivity (Wildman–Crippen MR) is 108 cm³/mol. The first kappa shape index (κ1) is 18.2. The van der Waals surface area contributed by atoms with E-state index in [1.165, 1.54) is 0 Å². The van der Waals surface area contributed by atoms with Gasteiger partial charge in [-0.25, -0.2) is 4.98 Å². The van der Waals surface area contributed by atoms with Crippen LogP contribution in [0.5, 0.6) is 0 Å². The molecule has 3 aromatic rings. The number of amides is 2. The van der Waals surface area contributed by atoms with Crippen molar-refractivity contribution in [3.05, 3.63) is 71.2 Å². The number of nitrogens with zero attached hydrogens (tertiary/aromatic N) is 4. The van der Waals surface area contributed by atoms with E-state index in [1.54, 1.807) is 11.1 Å². The first-order chi connectivity index (χ1) is 13.5. The zero-order valence-electron chi connectivity index (χ0n) is 16.3. The molecule has 1 aromatic carbocycles. The number of aryl methyl sites for hydroxylation is 2. The first-order valence-electron chi connectivity index (χ1n) is 9.62. The summed E-state index contributed by atoms with van der Waals surface area (Å²) in [6.07, 6.45) is 4.45. The third kappa shape index (κ3) is 3.63. The van der Waals surface area contributed by atoms with Crippen LogP contribution >= 0.6 is 0 Å². The van der Waals surface area contributed by atoms with Crippen molar-refractivity contribution in [1.29, 1.82) is 0 Å². The van der Waals surface area contributed by atoms with Crippen molar-refractivity contribution in [1.82, 2.24) is 19.2 Å². The molecule has 6 nitrogen and oxygen atoms in total. The molecule has 2 amide bonds. The predicted octanol–water partition coefficient (Wildman–Crippen LogP) is 2.94. The van der Waals surface area contributed by atoms with E-state index in [-0.39, 0.29) is 11.8 Å². The third-order valence-electron chi connectivity index (χ3n) is 5.17. The molecule has 1 aliphatic heterocycles. The van der Waals surface area contributed by atoms with Gasteiger partial charge in [-0.1, -0.05) is 17.7 Å². The van der Waals surface area contributed by atoms with Gasteiger partial charge in [0, 0.05) is 44.1 Å². The van der Waals surface area contributed by atoms with Crippen LogP contribution in [0.1, 0.15) is 38.4 Å². The largest absolute Gasteiger partial charge is 0.337 e. The Balaban J connectivity index is 1.47. The highest BCUT2D eigenvalue weighted by atomic mass is 16.2. The summed E-state index contributed by atoms with van der Waals surface area (Å²) < 4.78 is 1.87. The molecule has 0 bridgehead atoms. The molecule has 0 saturated carbocycles. The summed E-state index contributed by atoms with van der Waals surface area (Å²) in [5.41, 5.74) is 4.10. The SMILES string of the molecule is Cc1cccc(C(=O)N2CCCN(C(=O)c3cn4ccc(C)cc4n3)CC2)c1. The van der Waals surface area contributed by atoms with E-state index in [2.05, 4.69) is 4.98 Å². The summed E-state index contributed by atoms with van der Waals surface area (Å²) in [6.45, 7) is 6.32. The van der Waals surface area contributed by atoms with Gasteiger partial charge in [0.25, 0.3) is 11.8 Å². The fourth-order valence-corrected chi connectivity index (χ4v) is 3.63. The fourth-order valence-electron chi connectivity index (χ4n) is 3.63. The van der Waals surface area contributed by atoms with E-state index >= 15 is 0 Å². The number of imidazole rings is 1. The Morgan fingerprint density at radius 2 is 1.61 bits per heavy atom. The van der Waals surface area contributed by atoms with E-state index in [4.69, 9.17) is 0 Å². The van der Waals surface area contributed by atoms with Crippen molar-refractivity contribution >= 4 is 17.5 Å². The number of carbonyl (C=O) groups is 2. The van der Waals surface area contributed by atoms with Crippen LogP contribution in [0.15, 0.2) is 48.8 Å². The molecule has 6 heteroatoms. The number of hydrogen-bond acceptors (Lipinski definition) is 3. The highest BCUT2D eigenvalue weighted by molar-refractivity contribution is 5.95. The maximum Gasteiger partial charge on any atom is 0.274 e.